The number of hydrogen-bond donors (Lipinski definition) is 1. The minimum absolute atomic E-state index is 0.151. The molecule has 2 aliphatic heterocycles. The molecule has 0 radical (unpaired) electrons. The fourth-order valence-corrected chi connectivity index (χ4v) is 4.37. The summed E-state index contributed by atoms with van der Waals surface area (Å²) in [5.41, 5.74) is 2.38. The zero-order valence-electron chi connectivity index (χ0n) is 17.9. The number of hydrogen-bond acceptors (Lipinski definition) is 6. The molecule has 2 aromatic rings. The van der Waals surface area contributed by atoms with E-state index < -0.39 is 0 Å². The van der Waals surface area contributed by atoms with E-state index in [1.54, 1.807) is 7.11 Å². The van der Waals surface area contributed by atoms with Gasteiger partial charge in [-0.3, -0.25) is 4.90 Å². The lowest BCUT2D eigenvalue weighted by Crippen LogP contribution is -2.36. The van der Waals surface area contributed by atoms with Crippen molar-refractivity contribution in [2.75, 3.05) is 26.7 Å². The van der Waals surface area contributed by atoms with Crippen LogP contribution in [0.15, 0.2) is 18.2 Å². The summed E-state index contributed by atoms with van der Waals surface area (Å²) < 4.78 is 13.7. The van der Waals surface area contributed by atoms with E-state index in [9.17, 15) is 0 Å². The fraction of sp³-hybridized carbons (Fsp3) is 0.636. The normalized spacial score (nSPS) is 20.1. The molecule has 29 heavy (non-hydrogen) atoms. The van der Waals surface area contributed by atoms with Crippen LogP contribution in [-0.4, -0.2) is 52.5 Å². The minimum atomic E-state index is 0.151. The summed E-state index contributed by atoms with van der Waals surface area (Å²) in [5, 5.41) is 12.6. The van der Waals surface area contributed by atoms with Gasteiger partial charge < -0.3 is 19.4 Å². The third-order valence-electron chi connectivity index (χ3n) is 5.72. The monoisotopic (exact) mass is 399 g/mol. The summed E-state index contributed by atoms with van der Waals surface area (Å²) >= 11 is 0. The molecule has 1 fully saturated rings. The highest BCUT2D eigenvalue weighted by atomic mass is 16.5. The molecule has 0 bridgehead atoms. The Labute approximate surface area is 173 Å². The second-order valence-electron chi connectivity index (χ2n) is 8.42. The second-order valence-corrected chi connectivity index (χ2v) is 8.42. The van der Waals surface area contributed by atoms with Crippen LogP contribution in [0.2, 0.25) is 0 Å². The van der Waals surface area contributed by atoms with Gasteiger partial charge in [0.1, 0.15) is 17.4 Å². The maximum Gasteiger partial charge on any atom is 0.147 e. The molecular weight excluding hydrogens is 366 g/mol. The molecule has 2 aliphatic rings. The average Bonchev–Trinajstić information content (AvgIpc) is 3.14. The van der Waals surface area contributed by atoms with Crippen LogP contribution in [0.25, 0.3) is 0 Å². The quantitative estimate of drug-likeness (QED) is 0.772. The molecule has 4 rings (SSSR count). The zero-order chi connectivity index (χ0) is 20.2. The third kappa shape index (κ3) is 4.79. The van der Waals surface area contributed by atoms with E-state index in [0.717, 1.165) is 56.4 Å². The van der Waals surface area contributed by atoms with Gasteiger partial charge in [-0.25, -0.2) is 0 Å². The van der Waals surface area contributed by atoms with Crippen molar-refractivity contribution >= 4 is 0 Å². The lowest BCUT2D eigenvalue weighted by atomic mass is 9.99. The molecular formula is C22H33N5O2. The second kappa shape index (κ2) is 9.24. The fourth-order valence-electron chi connectivity index (χ4n) is 4.37. The van der Waals surface area contributed by atoms with Gasteiger partial charge in [-0.05, 0) is 50.9 Å². The summed E-state index contributed by atoms with van der Waals surface area (Å²) in [6.07, 6.45) is 2.58. The molecule has 1 atom stereocenters. The summed E-state index contributed by atoms with van der Waals surface area (Å²) in [6.45, 7) is 10.5. The molecule has 0 unspecified atom stereocenters. The van der Waals surface area contributed by atoms with E-state index in [1.807, 2.05) is 13.8 Å². The lowest BCUT2D eigenvalue weighted by Gasteiger charge is -2.30. The van der Waals surface area contributed by atoms with Crippen molar-refractivity contribution in [3.8, 4) is 5.75 Å². The summed E-state index contributed by atoms with van der Waals surface area (Å²) in [5.74, 6) is 3.68. The number of ether oxygens (including phenoxy) is 2. The first-order chi connectivity index (χ1) is 14.1. The number of benzene rings is 1. The predicted molar refractivity (Wildman–Crippen MR) is 112 cm³/mol. The maximum absolute atomic E-state index is 5.93. The van der Waals surface area contributed by atoms with E-state index in [-0.39, 0.29) is 6.10 Å². The standard InChI is InChI=1S/C22H33N5O2/c1-16(2)29-20-7-6-17(11-19(20)15-28-3)13-26-9-10-27-21(14-26)24-25-22(27)18-5-4-8-23-12-18/h6-7,11,16,18,23H,4-5,8-10,12-15H2,1-3H3/t18-/m0/s1. The molecule has 1 aromatic heterocycles. The van der Waals surface area contributed by atoms with E-state index in [4.69, 9.17) is 9.47 Å². The molecule has 0 spiro atoms. The van der Waals surface area contributed by atoms with Gasteiger partial charge in [0.15, 0.2) is 0 Å². The molecule has 1 N–H and O–H groups in total. The first kappa shape index (κ1) is 20.3. The minimum Gasteiger partial charge on any atom is -0.491 e. The Bertz CT molecular complexity index is 814. The van der Waals surface area contributed by atoms with E-state index in [2.05, 4.69) is 43.2 Å². The van der Waals surface area contributed by atoms with Crippen molar-refractivity contribution in [3.05, 3.63) is 41.0 Å². The van der Waals surface area contributed by atoms with Gasteiger partial charge in [0, 0.05) is 44.8 Å². The van der Waals surface area contributed by atoms with Crippen molar-refractivity contribution in [3.63, 3.8) is 0 Å². The summed E-state index contributed by atoms with van der Waals surface area (Å²) in [7, 11) is 1.72. The number of fused-ring (bicyclic) bond motifs is 1. The first-order valence-electron chi connectivity index (χ1n) is 10.8. The van der Waals surface area contributed by atoms with E-state index in [0.29, 0.717) is 12.5 Å². The number of aromatic nitrogens is 3. The Morgan fingerprint density at radius 1 is 1.24 bits per heavy atom. The summed E-state index contributed by atoms with van der Waals surface area (Å²) in [4.78, 5) is 2.45. The van der Waals surface area contributed by atoms with Gasteiger partial charge >= 0.3 is 0 Å². The largest absolute Gasteiger partial charge is 0.491 e. The van der Waals surface area contributed by atoms with E-state index >= 15 is 0 Å². The van der Waals surface area contributed by atoms with Crippen molar-refractivity contribution in [1.29, 1.82) is 0 Å². The van der Waals surface area contributed by atoms with Gasteiger partial charge in [0.25, 0.3) is 0 Å². The van der Waals surface area contributed by atoms with Gasteiger partial charge in [0.2, 0.25) is 0 Å². The zero-order valence-corrected chi connectivity index (χ0v) is 17.9. The predicted octanol–water partition coefficient (Wildman–Crippen LogP) is 2.69. The number of nitrogens with one attached hydrogen (secondary N) is 1. The SMILES string of the molecule is COCc1cc(CN2CCn3c(nnc3[C@H]3CCCNC3)C2)ccc1OC(C)C. The third-order valence-corrected chi connectivity index (χ3v) is 5.72. The molecule has 158 valence electrons. The van der Waals surface area contributed by atoms with Crippen molar-refractivity contribution in [2.24, 2.45) is 0 Å². The molecule has 0 aliphatic carbocycles. The van der Waals surface area contributed by atoms with Crippen LogP contribution < -0.4 is 10.1 Å². The molecule has 7 nitrogen and oxygen atoms in total. The van der Waals surface area contributed by atoms with Gasteiger partial charge in [-0.1, -0.05) is 6.07 Å². The molecule has 0 amide bonds. The summed E-state index contributed by atoms with van der Waals surface area (Å²) in [6, 6.07) is 6.44. The molecule has 1 saturated heterocycles. The van der Waals surface area contributed by atoms with Crippen LogP contribution in [0.3, 0.4) is 0 Å². The van der Waals surface area contributed by atoms with Crippen molar-refractivity contribution in [1.82, 2.24) is 25.0 Å². The Kier molecular flexibility index (Phi) is 6.47. The topological polar surface area (TPSA) is 64.4 Å². The van der Waals surface area contributed by atoms with Gasteiger partial charge in [-0.15, -0.1) is 10.2 Å². The highest BCUT2D eigenvalue weighted by Crippen LogP contribution is 2.26. The molecule has 0 saturated carbocycles. The smallest absolute Gasteiger partial charge is 0.147 e. The average molecular weight is 400 g/mol. The Morgan fingerprint density at radius 3 is 2.90 bits per heavy atom. The van der Waals surface area contributed by atoms with Crippen LogP contribution in [-0.2, 0) is 31.0 Å². The highest BCUT2D eigenvalue weighted by Gasteiger charge is 2.26. The molecule has 7 heteroatoms. The van der Waals surface area contributed by atoms with Crippen molar-refractivity contribution in [2.45, 2.75) is 65.0 Å². The van der Waals surface area contributed by atoms with Gasteiger partial charge in [0.05, 0.1) is 19.3 Å². The first-order valence-corrected chi connectivity index (χ1v) is 10.8. The van der Waals surface area contributed by atoms with Crippen LogP contribution in [0.1, 0.15) is 55.4 Å². The maximum atomic E-state index is 5.93. The Balaban J connectivity index is 1.44. The molecule has 1 aromatic carbocycles. The number of nitrogens with zero attached hydrogens (tertiary/aromatic N) is 4. The molecule has 3 heterocycles. The number of piperidine rings is 1. The van der Waals surface area contributed by atoms with E-state index in [1.165, 1.54) is 24.2 Å². The number of rotatable bonds is 7. The van der Waals surface area contributed by atoms with Crippen LogP contribution in [0.4, 0.5) is 0 Å². The Hall–Kier alpha value is -1.96. The van der Waals surface area contributed by atoms with Crippen LogP contribution in [0.5, 0.6) is 5.75 Å². The van der Waals surface area contributed by atoms with Crippen LogP contribution in [0, 0.1) is 0 Å². The number of methoxy groups -OCH3 is 1. The van der Waals surface area contributed by atoms with Crippen LogP contribution >= 0.6 is 0 Å². The highest BCUT2D eigenvalue weighted by molar-refractivity contribution is 5.37. The lowest BCUT2D eigenvalue weighted by molar-refractivity contribution is 0.174. The van der Waals surface area contributed by atoms with Crippen molar-refractivity contribution < 1.29 is 9.47 Å². The Morgan fingerprint density at radius 2 is 2.14 bits per heavy atom. The van der Waals surface area contributed by atoms with Gasteiger partial charge in [-0.2, -0.15) is 0 Å².